The van der Waals surface area contributed by atoms with Gasteiger partial charge in [-0.2, -0.15) is 0 Å². The van der Waals surface area contributed by atoms with E-state index >= 15 is 0 Å². The van der Waals surface area contributed by atoms with Crippen LogP contribution < -0.4 is 4.90 Å². The van der Waals surface area contributed by atoms with Crippen LogP contribution in [0.5, 0.6) is 0 Å². The summed E-state index contributed by atoms with van der Waals surface area (Å²) in [6, 6.07) is 14.9. The van der Waals surface area contributed by atoms with Crippen LogP contribution in [0.25, 0.3) is 10.2 Å². The number of piperazine rings is 1. The van der Waals surface area contributed by atoms with Gasteiger partial charge in [-0.3, -0.25) is 4.90 Å². The third-order valence-corrected chi connectivity index (χ3v) is 6.90. The fraction of sp³-hybridized carbons (Fsp3) is 0.364. The van der Waals surface area contributed by atoms with Crippen LogP contribution in [-0.2, 0) is 6.54 Å². The number of tetrazole rings is 1. The fourth-order valence-electron chi connectivity index (χ4n) is 4.15. The molecule has 2 aromatic carbocycles. The zero-order chi connectivity index (χ0) is 21.2. The standard InChI is InChI=1S/C22H24FN7S/c1-2-19(21-25-26-27-30(21)15-16-7-9-17(23)10-8-16)28-11-13-29(14-12-28)22-24-18-5-3-4-6-20(18)31-22/h3-10,19H,2,11-15H2,1H3/t19-/m0/s1. The first-order valence-electron chi connectivity index (χ1n) is 10.6. The summed E-state index contributed by atoms with van der Waals surface area (Å²) < 4.78 is 16.3. The molecule has 7 nitrogen and oxygen atoms in total. The quantitative estimate of drug-likeness (QED) is 0.458. The first-order valence-corrected chi connectivity index (χ1v) is 11.4. The molecule has 0 N–H and O–H groups in total. The van der Waals surface area contributed by atoms with Crippen LogP contribution in [0.1, 0.15) is 30.8 Å². The molecule has 0 spiro atoms. The van der Waals surface area contributed by atoms with E-state index < -0.39 is 0 Å². The Bertz CT molecular complexity index is 1120. The Balaban J connectivity index is 1.28. The average Bonchev–Trinajstić information content (AvgIpc) is 3.44. The van der Waals surface area contributed by atoms with Crippen molar-refractivity contribution in [2.24, 2.45) is 0 Å². The lowest BCUT2D eigenvalue weighted by molar-refractivity contribution is 0.169. The van der Waals surface area contributed by atoms with Gasteiger partial charge in [0.25, 0.3) is 0 Å². The summed E-state index contributed by atoms with van der Waals surface area (Å²) in [5.41, 5.74) is 2.04. The third-order valence-electron chi connectivity index (χ3n) is 5.80. The molecule has 9 heteroatoms. The van der Waals surface area contributed by atoms with Crippen molar-refractivity contribution >= 4 is 26.7 Å². The Hall–Kier alpha value is -2.91. The molecule has 0 unspecified atom stereocenters. The van der Waals surface area contributed by atoms with E-state index in [2.05, 4.69) is 50.4 Å². The number of hydrogen-bond acceptors (Lipinski definition) is 7. The van der Waals surface area contributed by atoms with Gasteiger partial charge in [0.15, 0.2) is 11.0 Å². The molecule has 1 aliphatic rings. The SMILES string of the molecule is CC[C@@H](c1nnnn1Cc1ccc(F)cc1)N1CCN(c2nc3ccccc3s2)CC1. The van der Waals surface area contributed by atoms with Gasteiger partial charge in [-0.05, 0) is 46.7 Å². The number of halogens is 1. The molecule has 1 atom stereocenters. The Labute approximate surface area is 184 Å². The van der Waals surface area contributed by atoms with E-state index in [1.807, 2.05) is 10.7 Å². The highest BCUT2D eigenvalue weighted by atomic mass is 32.1. The van der Waals surface area contributed by atoms with Crippen LogP contribution in [0.15, 0.2) is 48.5 Å². The molecule has 5 rings (SSSR count). The summed E-state index contributed by atoms with van der Waals surface area (Å²) in [5, 5.41) is 13.6. The number of para-hydroxylation sites is 1. The van der Waals surface area contributed by atoms with Crippen molar-refractivity contribution in [3.05, 3.63) is 65.7 Å². The summed E-state index contributed by atoms with van der Waals surface area (Å²) in [5.74, 6) is 0.624. The maximum absolute atomic E-state index is 13.2. The van der Waals surface area contributed by atoms with Crippen molar-refractivity contribution in [3.63, 3.8) is 0 Å². The minimum Gasteiger partial charge on any atom is -0.345 e. The van der Waals surface area contributed by atoms with Crippen molar-refractivity contribution in [2.75, 3.05) is 31.1 Å². The normalized spacial score (nSPS) is 16.1. The molecule has 1 aliphatic heterocycles. The van der Waals surface area contributed by atoms with E-state index in [1.165, 1.54) is 16.8 Å². The molecule has 1 fully saturated rings. The van der Waals surface area contributed by atoms with Crippen molar-refractivity contribution in [3.8, 4) is 0 Å². The second-order valence-electron chi connectivity index (χ2n) is 7.73. The van der Waals surface area contributed by atoms with E-state index in [-0.39, 0.29) is 11.9 Å². The number of fused-ring (bicyclic) bond motifs is 1. The lowest BCUT2D eigenvalue weighted by Crippen LogP contribution is -2.48. The fourth-order valence-corrected chi connectivity index (χ4v) is 5.17. The number of thiazole rings is 1. The zero-order valence-electron chi connectivity index (χ0n) is 17.4. The molecule has 160 valence electrons. The molecular formula is C22H24FN7S. The summed E-state index contributed by atoms with van der Waals surface area (Å²) >= 11 is 1.75. The van der Waals surface area contributed by atoms with Crippen molar-refractivity contribution in [2.45, 2.75) is 25.9 Å². The van der Waals surface area contributed by atoms with Gasteiger partial charge >= 0.3 is 0 Å². The van der Waals surface area contributed by atoms with E-state index in [0.717, 1.165) is 54.6 Å². The van der Waals surface area contributed by atoms with Gasteiger partial charge in [0, 0.05) is 26.2 Å². The van der Waals surface area contributed by atoms with Crippen molar-refractivity contribution in [1.29, 1.82) is 0 Å². The molecule has 1 saturated heterocycles. The topological polar surface area (TPSA) is 63.0 Å². The minimum atomic E-state index is -0.238. The summed E-state index contributed by atoms with van der Waals surface area (Å²) in [7, 11) is 0. The first-order chi connectivity index (χ1) is 15.2. The molecule has 4 aromatic rings. The average molecular weight is 438 g/mol. The highest BCUT2D eigenvalue weighted by Gasteiger charge is 2.28. The Morgan fingerprint density at radius 2 is 1.81 bits per heavy atom. The van der Waals surface area contributed by atoms with Gasteiger partial charge in [-0.1, -0.05) is 42.5 Å². The molecule has 31 heavy (non-hydrogen) atoms. The van der Waals surface area contributed by atoms with Gasteiger partial charge in [-0.15, -0.1) is 5.10 Å². The molecule has 2 aromatic heterocycles. The predicted molar refractivity (Wildman–Crippen MR) is 120 cm³/mol. The predicted octanol–water partition coefficient (Wildman–Crippen LogP) is 3.74. The van der Waals surface area contributed by atoms with Crippen LogP contribution >= 0.6 is 11.3 Å². The van der Waals surface area contributed by atoms with E-state index in [0.29, 0.717) is 6.54 Å². The van der Waals surface area contributed by atoms with Crippen LogP contribution in [0.4, 0.5) is 9.52 Å². The van der Waals surface area contributed by atoms with Gasteiger partial charge in [0.1, 0.15) is 5.82 Å². The minimum absolute atomic E-state index is 0.146. The Morgan fingerprint density at radius 3 is 2.55 bits per heavy atom. The Morgan fingerprint density at radius 1 is 1.03 bits per heavy atom. The number of hydrogen-bond donors (Lipinski definition) is 0. The molecule has 0 saturated carbocycles. The molecule has 0 radical (unpaired) electrons. The van der Waals surface area contributed by atoms with Gasteiger partial charge in [0.2, 0.25) is 0 Å². The highest BCUT2D eigenvalue weighted by Crippen LogP contribution is 2.31. The molecule has 0 amide bonds. The third kappa shape index (κ3) is 4.15. The summed E-state index contributed by atoms with van der Waals surface area (Å²) in [4.78, 5) is 9.63. The van der Waals surface area contributed by atoms with Crippen LogP contribution in [-0.4, -0.2) is 56.3 Å². The lowest BCUT2D eigenvalue weighted by atomic mass is 10.1. The van der Waals surface area contributed by atoms with Gasteiger partial charge in [0.05, 0.1) is 22.8 Å². The highest BCUT2D eigenvalue weighted by molar-refractivity contribution is 7.22. The van der Waals surface area contributed by atoms with Crippen molar-refractivity contribution < 1.29 is 4.39 Å². The smallest absolute Gasteiger partial charge is 0.186 e. The molecule has 0 bridgehead atoms. The van der Waals surface area contributed by atoms with Crippen LogP contribution in [0.3, 0.4) is 0 Å². The second-order valence-corrected chi connectivity index (χ2v) is 8.74. The van der Waals surface area contributed by atoms with E-state index in [9.17, 15) is 4.39 Å². The number of rotatable bonds is 6. The lowest BCUT2D eigenvalue weighted by Gasteiger charge is -2.38. The maximum Gasteiger partial charge on any atom is 0.186 e. The summed E-state index contributed by atoms with van der Waals surface area (Å²) in [6.45, 7) is 6.41. The zero-order valence-corrected chi connectivity index (χ0v) is 18.2. The second kappa shape index (κ2) is 8.68. The van der Waals surface area contributed by atoms with Gasteiger partial charge < -0.3 is 4.90 Å². The number of aromatic nitrogens is 5. The summed E-state index contributed by atoms with van der Waals surface area (Å²) in [6.07, 6.45) is 0.922. The molecule has 3 heterocycles. The Kier molecular flexibility index (Phi) is 5.61. The number of anilines is 1. The van der Waals surface area contributed by atoms with Gasteiger partial charge in [-0.25, -0.2) is 14.1 Å². The van der Waals surface area contributed by atoms with E-state index in [4.69, 9.17) is 4.98 Å². The van der Waals surface area contributed by atoms with E-state index in [1.54, 1.807) is 23.5 Å². The first kappa shape index (κ1) is 20.0. The van der Waals surface area contributed by atoms with Crippen molar-refractivity contribution in [1.82, 2.24) is 30.1 Å². The maximum atomic E-state index is 13.2. The van der Waals surface area contributed by atoms with Crippen LogP contribution in [0.2, 0.25) is 0 Å². The monoisotopic (exact) mass is 437 g/mol. The number of nitrogens with zero attached hydrogens (tertiary/aromatic N) is 7. The molecular weight excluding hydrogens is 413 g/mol. The van der Waals surface area contributed by atoms with Crippen LogP contribution in [0, 0.1) is 5.82 Å². The number of benzene rings is 2. The largest absolute Gasteiger partial charge is 0.345 e. The molecule has 0 aliphatic carbocycles.